The van der Waals surface area contributed by atoms with Crippen LogP contribution in [0.5, 0.6) is 0 Å². The molecule has 2 N–H and O–H groups in total. The first-order valence-corrected chi connectivity index (χ1v) is 5.06. The van der Waals surface area contributed by atoms with E-state index >= 15 is 0 Å². The van der Waals surface area contributed by atoms with Crippen LogP contribution in [0.1, 0.15) is 17.0 Å². The van der Waals surface area contributed by atoms with Crippen LogP contribution in [-0.4, -0.2) is 11.5 Å². The molecule has 76 valence electrons. The summed E-state index contributed by atoms with van der Waals surface area (Å²) in [6, 6.07) is 14.3. The van der Waals surface area contributed by atoms with E-state index in [0.717, 1.165) is 0 Å². The Bertz CT molecular complexity index is 358. The van der Waals surface area contributed by atoms with Gasteiger partial charge < -0.3 is 5.73 Å². The number of nitrogens with two attached hydrogens (primary N) is 1. The lowest BCUT2D eigenvalue weighted by Gasteiger charge is -2.14. The number of aromatic nitrogens is 1. The Kier molecular flexibility index (Phi) is 3.10. The molecule has 1 heterocycles. The predicted molar refractivity (Wildman–Crippen MR) is 61.6 cm³/mol. The third-order valence-corrected chi connectivity index (χ3v) is 2.52. The second-order valence-electron chi connectivity index (χ2n) is 3.49. The van der Waals surface area contributed by atoms with Gasteiger partial charge in [-0.3, -0.25) is 4.98 Å². The first-order valence-electron chi connectivity index (χ1n) is 5.06. The van der Waals surface area contributed by atoms with Crippen molar-refractivity contribution in [2.75, 3.05) is 6.54 Å². The van der Waals surface area contributed by atoms with Crippen LogP contribution in [0, 0.1) is 0 Å². The largest absolute Gasteiger partial charge is 0.330 e. The summed E-state index contributed by atoms with van der Waals surface area (Å²) in [5.74, 6) is 0.250. The monoisotopic (exact) mass is 198 g/mol. The summed E-state index contributed by atoms with van der Waals surface area (Å²) in [6.07, 6.45) is 3.66. The molecule has 1 atom stereocenters. The van der Waals surface area contributed by atoms with Crippen molar-refractivity contribution in [1.29, 1.82) is 0 Å². The lowest BCUT2D eigenvalue weighted by atomic mass is 9.93. The van der Waals surface area contributed by atoms with Crippen molar-refractivity contribution in [2.24, 2.45) is 5.73 Å². The average Bonchev–Trinajstić information content (AvgIpc) is 2.33. The van der Waals surface area contributed by atoms with Crippen molar-refractivity contribution in [3.63, 3.8) is 0 Å². The van der Waals surface area contributed by atoms with E-state index in [-0.39, 0.29) is 5.92 Å². The molecule has 0 bridgehead atoms. The highest BCUT2D eigenvalue weighted by Crippen LogP contribution is 2.22. The number of hydrogen-bond donors (Lipinski definition) is 1. The van der Waals surface area contributed by atoms with Crippen LogP contribution in [-0.2, 0) is 0 Å². The highest BCUT2D eigenvalue weighted by Gasteiger charge is 2.11. The normalized spacial score (nSPS) is 12.3. The summed E-state index contributed by atoms with van der Waals surface area (Å²) in [6.45, 7) is 0.607. The fourth-order valence-corrected chi connectivity index (χ4v) is 1.73. The second kappa shape index (κ2) is 4.71. The van der Waals surface area contributed by atoms with E-state index in [4.69, 9.17) is 5.73 Å². The van der Waals surface area contributed by atoms with Gasteiger partial charge >= 0.3 is 0 Å². The first-order chi connectivity index (χ1) is 7.42. The summed E-state index contributed by atoms with van der Waals surface area (Å²) in [5.41, 5.74) is 8.22. The van der Waals surface area contributed by atoms with Crippen molar-refractivity contribution in [3.8, 4) is 0 Å². The zero-order valence-corrected chi connectivity index (χ0v) is 8.51. The van der Waals surface area contributed by atoms with Gasteiger partial charge in [-0.15, -0.1) is 0 Å². The molecule has 15 heavy (non-hydrogen) atoms. The smallest absolute Gasteiger partial charge is 0.0306 e. The molecule has 0 saturated carbocycles. The number of rotatable bonds is 3. The Balaban J connectivity index is 2.34. The molecule has 0 aliphatic rings. The van der Waals surface area contributed by atoms with Gasteiger partial charge in [-0.05, 0) is 17.2 Å². The van der Waals surface area contributed by atoms with Crippen LogP contribution >= 0.6 is 0 Å². The zero-order chi connectivity index (χ0) is 10.5. The molecular weight excluding hydrogens is 184 g/mol. The lowest BCUT2D eigenvalue weighted by molar-refractivity contribution is 0.813. The molecule has 2 heteroatoms. The van der Waals surface area contributed by atoms with E-state index < -0.39 is 0 Å². The fraction of sp³-hybridized carbons (Fsp3) is 0.154. The molecule has 0 aliphatic heterocycles. The van der Waals surface area contributed by atoms with Crippen molar-refractivity contribution in [3.05, 3.63) is 66.0 Å². The maximum absolute atomic E-state index is 5.81. The Morgan fingerprint density at radius 1 is 1.00 bits per heavy atom. The van der Waals surface area contributed by atoms with Gasteiger partial charge in [0.05, 0.1) is 0 Å². The number of nitrogens with zero attached hydrogens (tertiary/aromatic N) is 1. The molecule has 1 aromatic carbocycles. The molecule has 1 unspecified atom stereocenters. The highest BCUT2D eigenvalue weighted by atomic mass is 14.6. The molecule has 0 fully saturated rings. The van der Waals surface area contributed by atoms with Crippen LogP contribution in [0.15, 0.2) is 54.9 Å². The molecular formula is C13H14N2. The van der Waals surface area contributed by atoms with E-state index in [1.807, 2.05) is 30.5 Å². The number of pyridine rings is 1. The van der Waals surface area contributed by atoms with Crippen LogP contribution in [0.4, 0.5) is 0 Å². The molecule has 0 aliphatic carbocycles. The van der Waals surface area contributed by atoms with Gasteiger partial charge in [0.15, 0.2) is 0 Å². The second-order valence-corrected chi connectivity index (χ2v) is 3.49. The Labute approximate surface area is 89.8 Å². The van der Waals surface area contributed by atoms with Crippen LogP contribution < -0.4 is 5.73 Å². The standard InChI is InChI=1S/C13H14N2/c14-9-13(11-5-2-1-3-6-11)12-7-4-8-15-10-12/h1-8,10,13H,9,14H2. The molecule has 0 amide bonds. The zero-order valence-electron chi connectivity index (χ0n) is 8.51. The van der Waals surface area contributed by atoms with E-state index in [2.05, 4.69) is 23.2 Å². The molecule has 2 aromatic rings. The minimum Gasteiger partial charge on any atom is -0.330 e. The van der Waals surface area contributed by atoms with Gasteiger partial charge in [-0.1, -0.05) is 36.4 Å². The van der Waals surface area contributed by atoms with Crippen LogP contribution in [0.3, 0.4) is 0 Å². The maximum atomic E-state index is 5.81. The summed E-state index contributed by atoms with van der Waals surface area (Å²) >= 11 is 0. The fourth-order valence-electron chi connectivity index (χ4n) is 1.73. The van der Waals surface area contributed by atoms with Gasteiger partial charge in [0.2, 0.25) is 0 Å². The SMILES string of the molecule is NCC(c1ccccc1)c1cccnc1. The third kappa shape index (κ3) is 2.22. The van der Waals surface area contributed by atoms with Crippen molar-refractivity contribution >= 4 is 0 Å². The van der Waals surface area contributed by atoms with Gasteiger partial charge in [0, 0.05) is 24.9 Å². The molecule has 0 saturated heterocycles. The van der Waals surface area contributed by atoms with Gasteiger partial charge in [-0.2, -0.15) is 0 Å². The first kappa shape index (κ1) is 9.87. The van der Waals surface area contributed by atoms with Crippen molar-refractivity contribution in [2.45, 2.75) is 5.92 Å². The topological polar surface area (TPSA) is 38.9 Å². The molecule has 0 radical (unpaired) electrons. The summed E-state index contributed by atoms with van der Waals surface area (Å²) in [5, 5.41) is 0. The Hall–Kier alpha value is -1.67. The summed E-state index contributed by atoms with van der Waals surface area (Å²) in [4.78, 5) is 4.12. The van der Waals surface area contributed by atoms with E-state index in [0.29, 0.717) is 6.54 Å². The van der Waals surface area contributed by atoms with Gasteiger partial charge in [0.25, 0.3) is 0 Å². The maximum Gasteiger partial charge on any atom is 0.0306 e. The predicted octanol–water partition coefficient (Wildman–Crippen LogP) is 2.17. The van der Waals surface area contributed by atoms with E-state index in [1.54, 1.807) is 6.20 Å². The molecule has 1 aromatic heterocycles. The highest BCUT2D eigenvalue weighted by molar-refractivity contribution is 5.30. The lowest BCUT2D eigenvalue weighted by Crippen LogP contribution is -2.13. The average molecular weight is 198 g/mol. The molecule has 2 rings (SSSR count). The minimum atomic E-state index is 0.250. The molecule has 0 spiro atoms. The van der Waals surface area contributed by atoms with Crippen LogP contribution in [0.2, 0.25) is 0 Å². The summed E-state index contributed by atoms with van der Waals surface area (Å²) < 4.78 is 0. The Morgan fingerprint density at radius 2 is 1.73 bits per heavy atom. The number of benzene rings is 1. The van der Waals surface area contributed by atoms with Gasteiger partial charge in [-0.25, -0.2) is 0 Å². The third-order valence-electron chi connectivity index (χ3n) is 2.52. The van der Waals surface area contributed by atoms with E-state index in [1.165, 1.54) is 11.1 Å². The summed E-state index contributed by atoms with van der Waals surface area (Å²) in [7, 11) is 0. The Morgan fingerprint density at radius 3 is 2.33 bits per heavy atom. The van der Waals surface area contributed by atoms with E-state index in [9.17, 15) is 0 Å². The number of hydrogen-bond acceptors (Lipinski definition) is 2. The van der Waals surface area contributed by atoms with Crippen molar-refractivity contribution in [1.82, 2.24) is 4.98 Å². The minimum absolute atomic E-state index is 0.250. The van der Waals surface area contributed by atoms with Gasteiger partial charge in [0.1, 0.15) is 0 Å². The molecule has 2 nitrogen and oxygen atoms in total. The van der Waals surface area contributed by atoms with Crippen molar-refractivity contribution < 1.29 is 0 Å². The quantitative estimate of drug-likeness (QED) is 0.821. The van der Waals surface area contributed by atoms with Crippen LogP contribution in [0.25, 0.3) is 0 Å².